The molecule has 0 N–H and O–H groups in total. The van der Waals surface area contributed by atoms with Crippen LogP contribution in [0.15, 0.2) is 39.5 Å². The molecule has 25 heavy (non-hydrogen) atoms. The van der Waals surface area contributed by atoms with Crippen LogP contribution in [-0.2, 0) is 19.1 Å². The molecule has 0 spiro atoms. The van der Waals surface area contributed by atoms with Crippen LogP contribution in [0, 0.1) is 5.41 Å². The zero-order valence-corrected chi connectivity index (χ0v) is 17.5. The molecule has 1 amide bonds. The molecule has 1 unspecified atom stereocenters. The fourth-order valence-corrected chi connectivity index (χ4v) is 5.74. The van der Waals surface area contributed by atoms with Gasteiger partial charge in [-0.1, -0.05) is 0 Å². The van der Waals surface area contributed by atoms with Crippen LogP contribution in [0.5, 0.6) is 0 Å². The van der Waals surface area contributed by atoms with Crippen molar-refractivity contribution in [3.05, 3.63) is 39.5 Å². The van der Waals surface area contributed by atoms with E-state index in [2.05, 4.69) is 19.1 Å². The normalized spacial score (nSPS) is 21.8. The Morgan fingerprint density at radius 1 is 1.28 bits per heavy atom. The van der Waals surface area contributed by atoms with Crippen molar-refractivity contribution < 1.29 is 19.1 Å². The van der Waals surface area contributed by atoms with Crippen LogP contribution in [-0.4, -0.2) is 71.6 Å². The van der Waals surface area contributed by atoms with E-state index in [9.17, 15) is 9.59 Å². The Kier molecular flexibility index (Phi) is 7.06. The summed E-state index contributed by atoms with van der Waals surface area (Å²) in [6.45, 7) is 4.73. The molecule has 5 nitrogen and oxygen atoms in total. The van der Waals surface area contributed by atoms with E-state index < -0.39 is 26.3 Å². The Morgan fingerprint density at radius 3 is 2.56 bits per heavy atom. The fraction of sp³-hybridized carbons (Fsp3) is 0.474. The van der Waals surface area contributed by atoms with E-state index in [1.807, 2.05) is 18.2 Å². The van der Waals surface area contributed by atoms with Crippen LogP contribution >= 0.6 is 0 Å². The number of esters is 1. The maximum absolute atomic E-state index is 12.8. The van der Waals surface area contributed by atoms with Crippen LogP contribution < -0.4 is 3.61 Å². The molecule has 0 saturated carbocycles. The molecule has 1 atom stereocenters. The Balaban J connectivity index is 2.39. The first kappa shape index (κ1) is 20.0. The van der Waals surface area contributed by atoms with Gasteiger partial charge in [0.05, 0.1) is 0 Å². The number of rotatable bonds is 6. The molecule has 6 heteroatoms. The van der Waals surface area contributed by atoms with Gasteiger partial charge in [-0.15, -0.1) is 0 Å². The number of amides is 1. The van der Waals surface area contributed by atoms with E-state index in [-0.39, 0.29) is 24.9 Å². The van der Waals surface area contributed by atoms with E-state index in [1.54, 1.807) is 21.0 Å². The number of hydrogen-bond donors (Lipinski definition) is 0. The third-order valence-corrected chi connectivity index (χ3v) is 7.26. The van der Waals surface area contributed by atoms with Gasteiger partial charge in [-0.05, 0) is 0 Å². The van der Waals surface area contributed by atoms with Crippen molar-refractivity contribution in [3.63, 3.8) is 0 Å². The SMILES string of the molecule is CCOC(=O)C1(CC(=O)N(C)C)COC/C1=C(\C)[Te]c1ccccc1. The summed E-state index contributed by atoms with van der Waals surface area (Å²) in [4.78, 5) is 26.7. The van der Waals surface area contributed by atoms with Gasteiger partial charge < -0.3 is 0 Å². The van der Waals surface area contributed by atoms with E-state index in [1.165, 1.54) is 12.1 Å². The van der Waals surface area contributed by atoms with Crippen LogP contribution in [0.3, 0.4) is 0 Å². The summed E-state index contributed by atoms with van der Waals surface area (Å²) in [6, 6.07) is 10.3. The minimum absolute atomic E-state index is 0.0905. The van der Waals surface area contributed by atoms with Gasteiger partial charge in [-0.3, -0.25) is 0 Å². The van der Waals surface area contributed by atoms with Crippen molar-refractivity contribution in [3.8, 4) is 0 Å². The van der Waals surface area contributed by atoms with E-state index in [4.69, 9.17) is 9.47 Å². The molecule has 1 heterocycles. The predicted molar refractivity (Wildman–Crippen MR) is 97.7 cm³/mol. The molecule has 1 aromatic rings. The average Bonchev–Trinajstić information content (AvgIpc) is 3.01. The molecular weight excluding hydrogens is 434 g/mol. The van der Waals surface area contributed by atoms with Gasteiger partial charge in [-0.25, -0.2) is 0 Å². The van der Waals surface area contributed by atoms with Crippen molar-refractivity contribution in [1.29, 1.82) is 0 Å². The number of carbonyl (C=O) groups is 2. The summed E-state index contributed by atoms with van der Waals surface area (Å²) >= 11 is -0.626. The molecule has 1 saturated heterocycles. The quantitative estimate of drug-likeness (QED) is 0.477. The summed E-state index contributed by atoms with van der Waals surface area (Å²) in [5.41, 5.74) is -0.0477. The van der Waals surface area contributed by atoms with Crippen molar-refractivity contribution in [2.75, 3.05) is 33.9 Å². The second-order valence-corrected chi connectivity index (χ2v) is 9.89. The molecule has 1 aromatic carbocycles. The molecule has 0 bridgehead atoms. The Bertz CT molecular complexity index is 657. The Labute approximate surface area is 159 Å². The van der Waals surface area contributed by atoms with Crippen LogP contribution in [0.4, 0.5) is 0 Å². The van der Waals surface area contributed by atoms with Crippen molar-refractivity contribution in [1.82, 2.24) is 4.90 Å². The van der Waals surface area contributed by atoms with Gasteiger partial charge in [0.25, 0.3) is 0 Å². The number of nitrogens with zero attached hydrogens (tertiary/aromatic N) is 1. The molecule has 0 aliphatic carbocycles. The van der Waals surface area contributed by atoms with Crippen LogP contribution in [0.1, 0.15) is 20.3 Å². The third kappa shape index (κ3) is 4.63. The van der Waals surface area contributed by atoms with E-state index in [0.717, 1.165) is 5.57 Å². The number of allylic oxidation sites excluding steroid dienone is 1. The van der Waals surface area contributed by atoms with Crippen molar-refractivity contribution in [2.24, 2.45) is 5.41 Å². The van der Waals surface area contributed by atoms with Gasteiger partial charge in [0.15, 0.2) is 0 Å². The molecule has 1 aliphatic rings. The number of hydrogen-bond acceptors (Lipinski definition) is 4. The molecule has 1 fully saturated rings. The number of carbonyl (C=O) groups excluding carboxylic acids is 2. The summed E-state index contributed by atoms with van der Waals surface area (Å²) < 4.78 is 13.5. The van der Waals surface area contributed by atoms with Crippen LogP contribution in [0.25, 0.3) is 0 Å². The summed E-state index contributed by atoms with van der Waals surface area (Å²) in [5, 5.41) is 0. The van der Waals surface area contributed by atoms with Crippen LogP contribution in [0.2, 0.25) is 0 Å². The first-order valence-electron chi connectivity index (χ1n) is 8.29. The molecular formula is C19H25NO4Te. The molecule has 0 radical (unpaired) electrons. The summed E-state index contributed by atoms with van der Waals surface area (Å²) in [6.07, 6.45) is 0.0905. The Morgan fingerprint density at radius 2 is 1.96 bits per heavy atom. The van der Waals surface area contributed by atoms with Gasteiger partial charge in [0.2, 0.25) is 0 Å². The average molecular weight is 459 g/mol. The standard InChI is InChI=1S/C19H25NO4Te/c1-5-24-18(22)19(11-17(21)20(3)4)13-23-12-16(19)14(2)25-15-9-7-6-8-10-15/h6-10H,5,11-13H2,1-4H3/b16-14-. The van der Waals surface area contributed by atoms with Gasteiger partial charge in [-0.2, -0.15) is 0 Å². The van der Waals surface area contributed by atoms with E-state index in [0.29, 0.717) is 13.2 Å². The topological polar surface area (TPSA) is 55.8 Å². The first-order valence-corrected chi connectivity index (χ1v) is 10.6. The maximum atomic E-state index is 12.8. The number of ether oxygens (including phenoxy) is 2. The summed E-state index contributed by atoms with van der Waals surface area (Å²) in [5.74, 6) is -0.443. The minimum atomic E-state index is -0.985. The second kappa shape index (κ2) is 8.84. The zero-order chi connectivity index (χ0) is 18.4. The van der Waals surface area contributed by atoms with Gasteiger partial charge in [0, 0.05) is 0 Å². The van der Waals surface area contributed by atoms with Crippen molar-refractivity contribution in [2.45, 2.75) is 20.3 Å². The zero-order valence-electron chi connectivity index (χ0n) is 15.2. The fourth-order valence-electron chi connectivity index (χ4n) is 2.82. The van der Waals surface area contributed by atoms with E-state index >= 15 is 0 Å². The van der Waals surface area contributed by atoms with Gasteiger partial charge >= 0.3 is 159 Å². The molecule has 1 aliphatic heterocycles. The first-order chi connectivity index (χ1) is 11.9. The monoisotopic (exact) mass is 461 g/mol. The Hall–Kier alpha value is -1.35. The second-order valence-electron chi connectivity index (χ2n) is 6.21. The van der Waals surface area contributed by atoms with Gasteiger partial charge in [0.1, 0.15) is 0 Å². The summed E-state index contributed by atoms with van der Waals surface area (Å²) in [7, 11) is 3.40. The number of benzene rings is 1. The molecule has 0 aromatic heterocycles. The predicted octanol–water partition coefficient (Wildman–Crippen LogP) is 1.35. The van der Waals surface area contributed by atoms with Crippen molar-refractivity contribution >= 4 is 36.4 Å². The third-order valence-electron chi connectivity index (χ3n) is 4.23. The molecule has 136 valence electrons. The molecule has 2 rings (SSSR count).